The quantitative estimate of drug-likeness (QED) is 0.732. The Morgan fingerprint density at radius 1 is 1.21 bits per heavy atom. The van der Waals surface area contributed by atoms with E-state index in [1.54, 1.807) is 0 Å². The van der Waals surface area contributed by atoms with Crippen LogP contribution in [0.5, 0.6) is 0 Å². The van der Waals surface area contributed by atoms with Gasteiger partial charge in [0.2, 0.25) is 0 Å². The largest absolute Gasteiger partial charge is 0.314 e. The molecule has 1 saturated carbocycles. The van der Waals surface area contributed by atoms with Gasteiger partial charge in [-0.2, -0.15) is 0 Å². The third-order valence-electron chi connectivity index (χ3n) is 4.41. The van der Waals surface area contributed by atoms with Gasteiger partial charge in [-0.3, -0.25) is 0 Å². The summed E-state index contributed by atoms with van der Waals surface area (Å²) in [4.78, 5) is 0. The second-order valence-electron chi connectivity index (χ2n) is 6.40. The van der Waals surface area contributed by atoms with Crippen LogP contribution in [0.2, 0.25) is 0 Å². The molecule has 1 aromatic carbocycles. The van der Waals surface area contributed by atoms with Crippen molar-refractivity contribution in [1.29, 1.82) is 0 Å². The van der Waals surface area contributed by atoms with Gasteiger partial charge in [-0.05, 0) is 50.1 Å². The van der Waals surface area contributed by atoms with Crippen LogP contribution in [0.15, 0.2) is 24.3 Å². The molecule has 2 rings (SSSR count). The molecular weight excluding hydrogens is 230 g/mol. The Hall–Kier alpha value is -0.820. The van der Waals surface area contributed by atoms with Gasteiger partial charge >= 0.3 is 0 Å². The maximum absolute atomic E-state index is 3.73. The van der Waals surface area contributed by atoms with Crippen molar-refractivity contribution in [3.8, 4) is 0 Å². The standard InChI is InChI=1S/C18H29N/c1-4-5-15(3)17(13-19-18-10-11-18)12-16-8-6-14(2)7-9-16/h6-9,15,17-19H,4-5,10-13H2,1-3H3. The first kappa shape index (κ1) is 14.6. The van der Waals surface area contributed by atoms with E-state index in [0.29, 0.717) is 0 Å². The van der Waals surface area contributed by atoms with Gasteiger partial charge in [0.05, 0.1) is 0 Å². The number of rotatable bonds is 8. The normalized spacial score (nSPS) is 18.3. The van der Waals surface area contributed by atoms with Crippen molar-refractivity contribution in [2.24, 2.45) is 11.8 Å². The highest BCUT2D eigenvalue weighted by atomic mass is 14.9. The second-order valence-corrected chi connectivity index (χ2v) is 6.40. The van der Waals surface area contributed by atoms with Crippen molar-refractivity contribution in [1.82, 2.24) is 5.32 Å². The van der Waals surface area contributed by atoms with Crippen molar-refractivity contribution in [2.45, 2.75) is 58.9 Å². The summed E-state index contributed by atoms with van der Waals surface area (Å²) in [6.07, 6.45) is 6.65. The fraction of sp³-hybridized carbons (Fsp3) is 0.667. The van der Waals surface area contributed by atoms with Gasteiger partial charge in [-0.15, -0.1) is 0 Å². The molecule has 0 radical (unpaired) electrons. The zero-order valence-corrected chi connectivity index (χ0v) is 12.8. The molecule has 1 N–H and O–H groups in total. The van der Waals surface area contributed by atoms with Gasteiger partial charge in [0.1, 0.15) is 0 Å². The van der Waals surface area contributed by atoms with Crippen LogP contribution in [-0.4, -0.2) is 12.6 Å². The van der Waals surface area contributed by atoms with Crippen LogP contribution >= 0.6 is 0 Å². The highest BCUT2D eigenvalue weighted by Gasteiger charge is 2.24. The molecule has 1 aromatic rings. The monoisotopic (exact) mass is 259 g/mol. The SMILES string of the molecule is CCCC(C)C(CNC1CC1)Cc1ccc(C)cc1. The van der Waals surface area contributed by atoms with Crippen LogP contribution < -0.4 is 5.32 Å². The van der Waals surface area contributed by atoms with Crippen LogP contribution in [0.1, 0.15) is 50.7 Å². The summed E-state index contributed by atoms with van der Waals surface area (Å²) in [5, 5.41) is 3.73. The topological polar surface area (TPSA) is 12.0 Å². The molecule has 1 fully saturated rings. The maximum Gasteiger partial charge on any atom is 0.00683 e. The fourth-order valence-electron chi connectivity index (χ4n) is 2.80. The third kappa shape index (κ3) is 4.99. The third-order valence-corrected chi connectivity index (χ3v) is 4.41. The van der Waals surface area contributed by atoms with Gasteiger partial charge in [-0.25, -0.2) is 0 Å². The van der Waals surface area contributed by atoms with E-state index < -0.39 is 0 Å². The van der Waals surface area contributed by atoms with E-state index in [1.165, 1.54) is 49.8 Å². The molecule has 106 valence electrons. The van der Waals surface area contributed by atoms with Crippen LogP contribution in [-0.2, 0) is 6.42 Å². The van der Waals surface area contributed by atoms with Crippen molar-refractivity contribution < 1.29 is 0 Å². The average molecular weight is 259 g/mol. The molecule has 0 aliphatic heterocycles. The lowest BCUT2D eigenvalue weighted by Gasteiger charge is -2.24. The van der Waals surface area contributed by atoms with E-state index in [4.69, 9.17) is 0 Å². The number of nitrogens with one attached hydrogen (secondary N) is 1. The van der Waals surface area contributed by atoms with E-state index in [9.17, 15) is 0 Å². The molecule has 0 aromatic heterocycles. The van der Waals surface area contributed by atoms with Crippen LogP contribution in [0.25, 0.3) is 0 Å². The predicted octanol–water partition coefficient (Wildman–Crippen LogP) is 4.34. The molecule has 1 nitrogen and oxygen atoms in total. The molecule has 0 spiro atoms. The molecule has 1 aliphatic rings. The summed E-state index contributed by atoms with van der Waals surface area (Å²) in [6.45, 7) is 8.08. The van der Waals surface area contributed by atoms with E-state index >= 15 is 0 Å². The first-order chi connectivity index (χ1) is 9.19. The Bertz CT molecular complexity index is 364. The van der Waals surface area contributed by atoms with Crippen LogP contribution in [0.4, 0.5) is 0 Å². The average Bonchev–Trinajstić information content (AvgIpc) is 3.21. The number of hydrogen-bond donors (Lipinski definition) is 1. The Balaban J connectivity index is 1.92. The Kier molecular flexibility index (Phi) is 5.45. The van der Waals surface area contributed by atoms with Gasteiger partial charge < -0.3 is 5.32 Å². The minimum atomic E-state index is 0.781. The van der Waals surface area contributed by atoms with Crippen molar-refractivity contribution in [3.63, 3.8) is 0 Å². The van der Waals surface area contributed by atoms with E-state index in [-0.39, 0.29) is 0 Å². The van der Waals surface area contributed by atoms with Crippen molar-refractivity contribution >= 4 is 0 Å². The maximum atomic E-state index is 3.73. The molecular formula is C18H29N. The molecule has 0 heterocycles. The molecule has 1 heteroatoms. The molecule has 2 unspecified atom stereocenters. The van der Waals surface area contributed by atoms with Crippen LogP contribution in [0.3, 0.4) is 0 Å². The number of hydrogen-bond acceptors (Lipinski definition) is 1. The lowest BCUT2D eigenvalue weighted by atomic mass is 9.85. The lowest BCUT2D eigenvalue weighted by Crippen LogP contribution is -2.30. The summed E-state index contributed by atoms with van der Waals surface area (Å²) in [5.74, 6) is 1.60. The molecule has 1 aliphatic carbocycles. The summed E-state index contributed by atoms with van der Waals surface area (Å²) in [6, 6.07) is 9.92. The zero-order valence-electron chi connectivity index (χ0n) is 12.8. The molecule has 0 saturated heterocycles. The van der Waals surface area contributed by atoms with Gasteiger partial charge in [0, 0.05) is 6.04 Å². The minimum Gasteiger partial charge on any atom is -0.314 e. The summed E-state index contributed by atoms with van der Waals surface area (Å²) < 4.78 is 0. The zero-order chi connectivity index (χ0) is 13.7. The highest BCUT2D eigenvalue weighted by Crippen LogP contribution is 2.24. The smallest absolute Gasteiger partial charge is 0.00683 e. The van der Waals surface area contributed by atoms with E-state index in [1.807, 2.05) is 0 Å². The van der Waals surface area contributed by atoms with Gasteiger partial charge in [-0.1, -0.05) is 56.5 Å². The highest BCUT2D eigenvalue weighted by molar-refractivity contribution is 5.21. The first-order valence-electron chi connectivity index (χ1n) is 7.98. The first-order valence-corrected chi connectivity index (χ1v) is 7.98. The van der Waals surface area contributed by atoms with Crippen LogP contribution in [0, 0.1) is 18.8 Å². The predicted molar refractivity (Wildman–Crippen MR) is 83.5 cm³/mol. The molecule has 0 bridgehead atoms. The van der Waals surface area contributed by atoms with E-state index in [2.05, 4.69) is 50.4 Å². The fourth-order valence-corrected chi connectivity index (χ4v) is 2.80. The Labute approximate surface area is 118 Å². The Morgan fingerprint density at radius 3 is 2.47 bits per heavy atom. The second kappa shape index (κ2) is 7.09. The molecule has 0 amide bonds. The van der Waals surface area contributed by atoms with Gasteiger partial charge in [0.15, 0.2) is 0 Å². The van der Waals surface area contributed by atoms with Gasteiger partial charge in [0.25, 0.3) is 0 Å². The number of benzene rings is 1. The summed E-state index contributed by atoms with van der Waals surface area (Å²) >= 11 is 0. The molecule has 19 heavy (non-hydrogen) atoms. The van der Waals surface area contributed by atoms with E-state index in [0.717, 1.165) is 17.9 Å². The summed E-state index contributed by atoms with van der Waals surface area (Å²) in [5.41, 5.74) is 2.86. The summed E-state index contributed by atoms with van der Waals surface area (Å²) in [7, 11) is 0. The van der Waals surface area contributed by atoms with Crippen molar-refractivity contribution in [3.05, 3.63) is 35.4 Å². The van der Waals surface area contributed by atoms with Crippen molar-refractivity contribution in [2.75, 3.05) is 6.54 Å². The lowest BCUT2D eigenvalue weighted by molar-refractivity contribution is 0.317. The molecule has 2 atom stereocenters. The minimum absolute atomic E-state index is 0.781. The Morgan fingerprint density at radius 2 is 1.89 bits per heavy atom. The number of aryl methyl sites for hydroxylation is 1.